The summed E-state index contributed by atoms with van der Waals surface area (Å²) in [4.78, 5) is 24.0. The molecule has 6 nitrogen and oxygen atoms in total. The molecule has 0 heterocycles. The van der Waals surface area contributed by atoms with E-state index in [2.05, 4.69) is 5.32 Å². The molecule has 0 radical (unpaired) electrons. The van der Waals surface area contributed by atoms with Gasteiger partial charge in [0, 0.05) is 19.1 Å². The van der Waals surface area contributed by atoms with Crippen LogP contribution in [0.4, 0.5) is 0 Å². The van der Waals surface area contributed by atoms with E-state index in [1.54, 1.807) is 0 Å². The van der Waals surface area contributed by atoms with Crippen LogP contribution in [0.3, 0.4) is 0 Å². The number of hydrogen-bond acceptors (Lipinski definition) is 4. The summed E-state index contributed by atoms with van der Waals surface area (Å²) in [6, 6.07) is 0.389. The van der Waals surface area contributed by atoms with Gasteiger partial charge in [0.25, 0.3) is 0 Å². The van der Waals surface area contributed by atoms with Crippen molar-refractivity contribution in [2.45, 2.75) is 31.9 Å². The molecule has 0 spiro atoms. The molecule has 1 aliphatic carbocycles. The van der Waals surface area contributed by atoms with E-state index in [1.165, 1.54) is 0 Å². The second kappa shape index (κ2) is 5.81. The lowest BCUT2D eigenvalue weighted by molar-refractivity contribution is -0.131. The van der Waals surface area contributed by atoms with Gasteiger partial charge in [0.15, 0.2) is 0 Å². The summed E-state index contributed by atoms with van der Waals surface area (Å²) in [5, 5.41) is 11.8. The Balaban J connectivity index is 2.21. The van der Waals surface area contributed by atoms with Crippen molar-refractivity contribution in [3.8, 4) is 0 Å². The molecule has 0 aliphatic heterocycles. The van der Waals surface area contributed by atoms with Crippen LogP contribution >= 0.6 is 0 Å². The van der Waals surface area contributed by atoms with Crippen molar-refractivity contribution in [3.05, 3.63) is 0 Å². The summed E-state index contributed by atoms with van der Waals surface area (Å²) in [6.07, 6.45) is 0.913. The molecule has 0 bridgehead atoms. The van der Waals surface area contributed by atoms with E-state index in [1.807, 2.05) is 11.8 Å². The number of nitrogens with one attached hydrogen (secondary N) is 1. The lowest BCUT2D eigenvalue weighted by Gasteiger charge is -2.20. The first-order chi connectivity index (χ1) is 7.56. The van der Waals surface area contributed by atoms with Crippen LogP contribution in [0.15, 0.2) is 0 Å². The van der Waals surface area contributed by atoms with Gasteiger partial charge in [-0.2, -0.15) is 0 Å². The summed E-state index contributed by atoms with van der Waals surface area (Å²) in [5.41, 5.74) is 4.87. The predicted molar refractivity (Wildman–Crippen MR) is 58.5 cm³/mol. The van der Waals surface area contributed by atoms with Crippen LogP contribution in [0.5, 0.6) is 0 Å². The number of likely N-dealkylation sites (N-methyl/N-ethyl adjacent to an activating group) is 1. The van der Waals surface area contributed by atoms with E-state index in [0.29, 0.717) is 12.6 Å². The molecule has 0 aromatic rings. The number of nitrogens with two attached hydrogens (primary N) is 1. The zero-order chi connectivity index (χ0) is 12.1. The minimum absolute atomic E-state index is 0.00155. The lowest BCUT2D eigenvalue weighted by atomic mass is 10.3. The molecule has 1 aliphatic rings. The molecule has 4 N–H and O–H groups in total. The largest absolute Gasteiger partial charge is 0.382 e. The highest BCUT2D eigenvalue weighted by molar-refractivity contribution is 5.80. The maximum atomic E-state index is 11.7. The first-order valence-electron chi connectivity index (χ1n) is 5.53. The third kappa shape index (κ3) is 3.79. The van der Waals surface area contributed by atoms with Crippen LogP contribution < -0.4 is 11.1 Å². The van der Waals surface area contributed by atoms with Gasteiger partial charge in [-0.15, -0.1) is 0 Å². The fourth-order valence-corrected chi connectivity index (χ4v) is 1.54. The summed E-state index contributed by atoms with van der Waals surface area (Å²) >= 11 is 0. The molecule has 6 heteroatoms. The summed E-state index contributed by atoms with van der Waals surface area (Å²) in [5.74, 6) is -0.781. The minimum atomic E-state index is -1.23. The summed E-state index contributed by atoms with van der Waals surface area (Å²) < 4.78 is 0. The SMILES string of the molecule is CCN(C(=O)CNCC(O)C(N)=O)C1CC1. The van der Waals surface area contributed by atoms with Crippen LogP contribution in [-0.4, -0.2) is 53.6 Å². The number of amides is 2. The Morgan fingerprint density at radius 1 is 1.56 bits per heavy atom. The van der Waals surface area contributed by atoms with Crippen molar-refractivity contribution in [2.75, 3.05) is 19.6 Å². The number of rotatable bonds is 7. The smallest absolute Gasteiger partial charge is 0.247 e. The van der Waals surface area contributed by atoms with Crippen LogP contribution in [0.2, 0.25) is 0 Å². The molecule has 2 amide bonds. The van der Waals surface area contributed by atoms with Gasteiger partial charge in [0.05, 0.1) is 6.54 Å². The number of nitrogens with zero attached hydrogens (tertiary/aromatic N) is 1. The molecular weight excluding hydrogens is 210 g/mol. The van der Waals surface area contributed by atoms with Gasteiger partial charge in [-0.25, -0.2) is 0 Å². The van der Waals surface area contributed by atoms with Gasteiger partial charge in [-0.05, 0) is 19.8 Å². The summed E-state index contributed by atoms with van der Waals surface area (Å²) in [6.45, 7) is 2.79. The van der Waals surface area contributed by atoms with Crippen molar-refractivity contribution in [1.29, 1.82) is 0 Å². The number of hydrogen-bond donors (Lipinski definition) is 3. The topological polar surface area (TPSA) is 95.7 Å². The average Bonchev–Trinajstić information content (AvgIpc) is 3.02. The number of carbonyl (C=O) groups is 2. The standard InChI is InChI=1S/C10H19N3O3/c1-2-13(7-3-4-7)9(15)6-12-5-8(14)10(11)16/h7-8,12,14H,2-6H2,1H3,(H2,11,16). The van der Waals surface area contributed by atoms with Crippen molar-refractivity contribution < 1.29 is 14.7 Å². The highest BCUT2D eigenvalue weighted by atomic mass is 16.3. The Hall–Kier alpha value is -1.14. The molecule has 1 atom stereocenters. The minimum Gasteiger partial charge on any atom is -0.382 e. The van der Waals surface area contributed by atoms with Gasteiger partial charge in [-0.3, -0.25) is 9.59 Å². The van der Waals surface area contributed by atoms with Gasteiger partial charge in [0.2, 0.25) is 11.8 Å². The van der Waals surface area contributed by atoms with E-state index in [0.717, 1.165) is 12.8 Å². The second-order valence-corrected chi connectivity index (χ2v) is 3.96. The lowest BCUT2D eigenvalue weighted by Crippen LogP contribution is -2.43. The highest BCUT2D eigenvalue weighted by Crippen LogP contribution is 2.26. The van der Waals surface area contributed by atoms with E-state index in [-0.39, 0.29) is 19.0 Å². The van der Waals surface area contributed by atoms with Gasteiger partial charge < -0.3 is 21.1 Å². The monoisotopic (exact) mass is 229 g/mol. The third-order valence-electron chi connectivity index (χ3n) is 2.59. The molecule has 1 fully saturated rings. The van der Waals surface area contributed by atoms with Gasteiger partial charge in [0.1, 0.15) is 6.10 Å². The zero-order valence-corrected chi connectivity index (χ0v) is 9.48. The summed E-state index contributed by atoms with van der Waals surface area (Å²) in [7, 11) is 0. The molecule has 1 rings (SSSR count). The van der Waals surface area contributed by atoms with Crippen molar-refractivity contribution >= 4 is 11.8 Å². The van der Waals surface area contributed by atoms with Crippen molar-refractivity contribution in [1.82, 2.24) is 10.2 Å². The Labute approximate surface area is 94.8 Å². The highest BCUT2D eigenvalue weighted by Gasteiger charge is 2.30. The fraction of sp³-hybridized carbons (Fsp3) is 0.800. The van der Waals surface area contributed by atoms with Crippen LogP contribution in [0.25, 0.3) is 0 Å². The Kier molecular flexibility index (Phi) is 4.70. The van der Waals surface area contributed by atoms with Crippen molar-refractivity contribution in [3.63, 3.8) is 0 Å². The quantitative estimate of drug-likeness (QED) is 0.491. The number of primary amides is 1. The van der Waals surface area contributed by atoms with Gasteiger partial charge in [-0.1, -0.05) is 0 Å². The Morgan fingerprint density at radius 2 is 2.19 bits per heavy atom. The molecule has 0 aromatic heterocycles. The van der Waals surface area contributed by atoms with E-state index >= 15 is 0 Å². The normalized spacial score (nSPS) is 16.9. The van der Waals surface area contributed by atoms with Crippen LogP contribution in [0.1, 0.15) is 19.8 Å². The van der Waals surface area contributed by atoms with Crippen molar-refractivity contribution in [2.24, 2.45) is 5.73 Å². The molecule has 0 aromatic carbocycles. The third-order valence-corrected chi connectivity index (χ3v) is 2.59. The van der Waals surface area contributed by atoms with Crippen LogP contribution in [0, 0.1) is 0 Å². The average molecular weight is 229 g/mol. The molecule has 0 saturated heterocycles. The van der Waals surface area contributed by atoms with Crippen LogP contribution in [-0.2, 0) is 9.59 Å². The van der Waals surface area contributed by atoms with E-state index in [9.17, 15) is 9.59 Å². The fourth-order valence-electron chi connectivity index (χ4n) is 1.54. The number of aliphatic hydroxyl groups is 1. The molecule has 1 unspecified atom stereocenters. The Bertz CT molecular complexity index is 266. The first kappa shape index (κ1) is 12.9. The first-order valence-corrected chi connectivity index (χ1v) is 5.53. The second-order valence-electron chi connectivity index (χ2n) is 3.96. The number of aliphatic hydroxyl groups excluding tert-OH is 1. The maximum Gasteiger partial charge on any atom is 0.247 e. The molecule has 92 valence electrons. The maximum absolute atomic E-state index is 11.7. The Morgan fingerprint density at radius 3 is 2.62 bits per heavy atom. The molecule has 1 saturated carbocycles. The zero-order valence-electron chi connectivity index (χ0n) is 9.48. The van der Waals surface area contributed by atoms with Gasteiger partial charge >= 0.3 is 0 Å². The van der Waals surface area contributed by atoms with E-state index < -0.39 is 12.0 Å². The molecule has 16 heavy (non-hydrogen) atoms. The number of carbonyl (C=O) groups excluding carboxylic acids is 2. The predicted octanol–water partition coefficient (Wildman–Crippen LogP) is -1.57. The molecular formula is C10H19N3O3. The van der Waals surface area contributed by atoms with E-state index in [4.69, 9.17) is 10.8 Å².